The van der Waals surface area contributed by atoms with E-state index in [9.17, 15) is 9.59 Å². The minimum Gasteiger partial charge on any atom is -0.473 e. The number of hydrogen-bond donors (Lipinski definition) is 1. The molecule has 0 aromatic heterocycles. The lowest BCUT2D eigenvalue weighted by atomic mass is 10.7. The second kappa shape index (κ2) is 2.53. The van der Waals surface area contributed by atoms with Gasteiger partial charge in [0.25, 0.3) is 0 Å². The minimum atomic E-state index is -1.59. The molecule has 1 atom stereocenters. The fourth-order valence-corrected chi connectivity index (χ4v) is 0.151. The van der Waals surface area contributed by atoms with Gasteiger partial charge in [0.2, 0.25) is 0 Å². The Hall–Kier alpha value is -0.630. The summed E-state index contributed by atoms with van der Waals surface area (Å²) in [6, 6.07) is 0. The Morgan fingerprint density at radius 2 is 2.00 bits per heavy atom. The third-order valence-corrected chi connectivity index (χ3v) is 0.496. The first-order valence-electron chi connectivity index (χ1n) is 1.32. The summed E-state index contributed by atoms with van der Waals surface area (Å²) in [6.45, 7) is 0. The van der Waals surface area contributed by atoms with Crippen LogP contribution in [-0.2, 0) is 14.1 Å². The van der Waals surface area contributed by atoms with E-state index >= 15 is 0 Å². The maximum absolute atomic E-state index is 9.67. The Morgan fingerprint density at radius 3 is 2.00 bits per heavy atom. The lowest BCUT2D eigenvalue weighted by molar-refractivity contribution is -0.157. The highest BCUT2D eigenvalue weighted by Gasteiger charge is 2.08. The van der Waals surface area contributed by atoms with Crippen LogP contribution in [0.2, 0.25) is 0 Å². The molecule has 0 fully saturated rings. The van der Waals surface area contributed by atoms with Gasteiger partial charge in [-0.1, -0.05) is 0 Å². The predicted octanol–water partition coefficient (Wildman–Crippen LogP) is -0.596. The zero-order valence-corrected chi connectivity index (χ0v) is 4.40. The highest BCUT2D eigenvalue weighted by atomic mass is 31.0. The van der Waals surface area contributed by atoms with Crippen LogP contribution < -0.4 is 0 Å². The van der Waals surface area contributed by atoms with E-state index in [0.29, 0.717) is 0 Å². The first-order chi connectivity index (χ1) is 3.18. The van der Waals surface area contributed by atoms with E-state index in [1.54, 1.807) is 0 Å². The molecule has 0 aliphatic carbocycles. The number of aliphatic carboxylic acids is 1. The van der Waals surface area contributed by atoms with Crippen LogP contribution >= 0.6 is 9.47 Å². The Balaban J connectivity index is 3.58. The van der Waals surface area contributed by atoms with Gasteiger partial charge in [-0.15, -0.1) is 0 Å². The molecular formula is C2H3O4P. The molecule has 0 heterocycles. The highest BCUT2D eigenvalue weighted by Crippen LogP contribution is 1.84. The molecule has 0 radical (unpaired) electrons. The molecular weight excluding hydrogens is 119 g/mol. The monoisotopic (exact) mass is 122 g/mol. The van der Waals surface area contributed by atoms with Crippen LogP contribution in [0.25, 0.3) is 0 Å². The molecule has 0 amide bonds. The van der Waals surface area contributed by atoms with Crippen molar-refractivity contribution < 1.29 is 19.2 Å². The molecule has 1 N–H and O–H groups in total. The number of carboxylic acid groups (broad SMARTS) is 1. The van der Waals surface area contributed by atoms with E-state index in [0.717, 1.165) is 0 Å². The van der Waals surface area contributed by atoms with Crippen molar-refractivity contribution in [3.05, 3.63) is 0 Å². The summed E-state index contributed by atoms with van der Waals surface area (Å²) in [5, 5.41) is 7.69. The molecule has 0 saturated carbocycles. The Labute approximate surface area is 41.8 Å². The summed E-state index contributed by atoms with van der Waals surface area (Å²) in [5.41, 5.74) is 0. The second-order valence-electron chi connectivity index (χ2n) is 0.710. The summed E-state index contributed by atoms with van der Waals surface area (Å²) < 4.78 is 3.69. The van der Waals surface area contributed by atoms with E-state index in [1.165, 1.54) is 9.47 Å². The number of carbonyl (C=O) groups is 2. The molecule has 0 bridgehead atoms. The van der Waals surface area contributed by atoms with Crippen molar-refractivity contribution in [3.63, 3.8) is 0 Å². The SMILES string of the molecule is O=C(O)C(=O)OP. The summed E-state index contributed by atoms with van der Waals surface area (Å²) in [7, 11) is 1.53. The third-order valence-electron chi connectivity index (χ3n) is 0.282. The third kappa shape index (κ3) is 2.11. The molecule has 0 rings (SSSR count). The van der Waals surface area contributed by atoms with Crippen LogP contribution in [0, 0.1) is 0 Å². The lowest BCUT2D eigenvalue weighted by Crippen LogP contribution is -2.10. The minimum absolute atomic E-state index is 1.27. The van der Waals surface area contributed by atoms with Gasteiger partial charge in [0.05, 0.1) is 9.47 Å². The lowest BCUT2D eigenvalue weighted by Gasteiger charge is -1.85. The predicted molar refractivity (Wildman–Crippen MR) is 23.4 cm³/mol. The number of rotatable bonds is 0. The van der Waals surface area contributed by atoms with Crippen molar-refractivity contribution in [1.29, 1.82) is 0 Å². The smallest absolute Gasteiger partial charge is 0.419 e. The molecule has 0 aliphatic heterocycles. The average Bonchev–Trinajstić information content (AvgIpc) is 1.65. The van der Waals surface area contributed by atoms with Gasteiger partial charge < -0.3 is 9.63 Å². The van der Waals surface area contributed by atoms with Gasteiger partial charge in [-0.3, -0.25) is 0 Å². The van der Waals surface area contributed by atoms with Crippen LogP contribution in [0.5, 0.6) is 0 Å². The zero-order valence-electron chi connectivity index (χ0n) is 3.25. The van der Waals surface area contributed by atoms with Crippen molar-refractivity contribution in [1.82, 2.24) is 0 Å². The van der Waals surface area contributed by atoms with Gasteiger partial charge in [-0.2, -0.15) is 0 Å². The molecule has 0 aliphatic rings. The summed E-state index contributed by atoms with van der Waals surface area (Å²) in [5.74, 6) is -2.86. The Morgan fingerprint density at radius 1 is 1.57 bits per heavy atom. The molecule has 4 nitrogen and oxygen atoms in total. The Kier molecular flexibility index (Phi) is 2.30. The zero-order chi connectivity index (χ0) is 5.86. The average molecular weight is 122 g/mol. The molecule has 0 aromatic rings. The fourth-order valence-electron chi connectivity index (χ4n) is 0.0504. The molecule has 5 heteroatoms. The molecule has 0 spiro atoms. The van der Waals surface area contributed by atoms with Crippen molar-refractivity contribution in [2.45, 2.75) is 0 Å². The van der Waals surface area contributed by atoms with Crippen LogP contribution in [0.15, 0.2) is 0 Å². The first kappa shape index (κ1) is 6.37. The van der Waals surface area contributed by atoms with Crippen LogP contribution in [-0.4, -0.2) is 17.0 Å². The maximum Gasteiger partial charge on any atom is 0.419 e. The van der Waals surface area contributed by atoms with Gasteiger partial charge in [-0.05, 0) is 0 Å². The second-order valence-corrected chi connectivity index (χ2v) is 0.946. The topological polar surface area (TPSA) is 63.6 Å². The number of hydrogen-bond acceptors (Lipinski definition) is 3. The summed E-state index contributed by atoms with van der Waals surface area (Å²) in [6.07, 6.45) is 0. The van der Waals surface area contributed by atoms with Crippen LogP contribution in [0.1, 0.15) is 0 Å². The van der Waals surface area contributed by atoms with Gasteiger partial charge in [0.15, 0.2) is 0 Å². The van der Waals surface area contributed by atoms with E-state index in [1.807, 2.05) is 0 Å². The molecule has 7 heavy (non-hydrogen) atoms. The largest absolute Gasteiger partial charge is 0.473 e. The van der Waals surface area contributed by atoms with E-state index < -0.39 is 11.9 Å². The molecule has 1 unspecified atom stereocenters. The number of carbonyl (C=O) groups excluding carboxylic acids is 1. The van der Waals surface area contributed by atoms with Crippen molar-refractivity contribution in [3.8, 4) is 0 Å². The van der Waals surface area contributed by atoms with Gasteiger partial charge in [0, 0.05) is 0 Å². The van der Waals surface area contributed by atoms with Gasteiger partial charge in [0.1, 0.15) is 0 Å². The molecule has 40 valence electrons. The number of carboxylic acids is 1. The first-order valence-corrected chi connectivity index (χ1v) is 1.79. The molecule has 0 saturated heterocycles. The van der Waals surface area contributed by atoms with Crippen molar-refractivity contribution >= 4 is 21.4 Å². The van der Waals surface area contributed by atoms with Crippen LogP contribution in [0.4, 0.5) is 0 Å². The van der Waals surface area contributed by atoms with E-state index in [4.69, 9.17) is 5.11 Å². The van der Waals surface area contributed by atoms with E-state index in [2.05, 4.69) is 4.52 Å². The van der Waals surface area contributed by atoms with Gasteiger partial charge in [-0.25, -0.2) is 9.59 Å². The van der Waals surface area contributed by atoms with Crippen LogP contribution in [0.3, 0.4) is 0 Å². The van der Waals surface area contributed by atoms with E-state index in [-0.39, 0.29) is 0 Å². The summed E-state index contributed by atoms with van der Waals surface area (Å²) in [4.78, 5) is 19.1. The van der Waals surface area contributed by atoms with Gasteiger partial charge >= 0.3 is 11.9 Å². The normalized spacial score (nSPS) is 7.57. The quantitative estimate of drug-likeness (QED) is 0.344. The summed E-state index contributed by atoms with van der Waals surface area (Å²) >= 11 is 0. The molecule has 0 aromatic carbocycles. The standard InChI is InChI=1S/C2H3O4P/c3-1(4)2(5)6-7/h7H2,(H,3,4). The van der Waals surface area contributed by atoms with Crippen molar-refractivity contribution in [2.75, 3.05) is 0 Å². The highest BCUT2D eigenvalue weighted by molar-refractivity contribution is 7.11. The fraction of sp³-hybridized carbons (Fsp3) is 0. The maximum atomic E-state index is 9.67. The Bertz CT molecular complexity index is 97.9. The van der Waals surface area contributed by atoms with Crippen molar-refractivity contribution in [2.24, 2.45) is 0 Å².